The fourth-order valence-corrected chi connectivity index (χ4v) is 3.05. The van der Waals surface area contributed by atoms with Crippen molar-refractivity contribution < 1.29 is 18.3 Å². The Labute approximate surface area is 114 Å². The van der Waals surface area contributed by atoms with Crippen LogP contribution in [0.25, 0.3) is 0 Å². The number of aliphatic hydroxyl groups is 1. The summed E-state index contributed by atoms with van der Waals surface area (Å²) < 4.78 is 37.6. The minimum atomic E-state index is -4.15. The Balaban J connectivity index is 2.55. The first-order chi connectivity index (χ1) is 8.85. The number of halogens is 3. The highest BCUT2D eigenvalue weighted by atomic mass is 19.4. The summed E-state index contributed by atoms with van der Waals surface area (Å²) in [5.74, 6) is 0.551. The van der Waals surface area contributed by atoms with Gasteiger partial charge in [-0.05, 0) is 44.1 Å². The van der Waals surface area contributed by atoms with Gasteiger partial charge in [0.15, 0.2) is 0 Å². The number of hydrogen-bond donors (Lipinski definition) is 1. The molecule has 0 amide bonds. The first-order valence-electron chi connectivity index (χ1n) is 7.32. The summed E-state index contributed by atoms with van der Waals surface area (Å²) in [5.41, 5.74) is 0. The van der Waals surface area contributed by atoms with Crippen molar-refractivity contribution in [2.45, 2.75) is 58.2 Å². The van der Waals surface area contributed by atoms with Crippen molar-refractivity contribution in [2.75, 3.05) is 19.6 Å². The summed E-state index contributed by atoms with van der Waals surface area (Å²) >= 11 is 0. The molecule has 0 saturated heterocycles. The van der Waals surface area contributed by atoms with Gasteiger partial charge in [-0.15, -0.1) is 0 Å². The lowest BCUT2D eigenvalue weighted by atomic mass is 9.78. The maximum absolute atomic E-state index is 12.5. The van der Waals surface area contributed by atoms with E-state index in [0.717, 1.165) is 25.7 Å². The summed E-state index contributed by atoms with van der Waals surface area (Å²) in [5, 5.41) is 9.99. The Morgan fingerprint density at radius 1 is 1.21 bits per heavy atom. The van der Waals surface area contributed by atoms with Crippen LogP contribution in [0.5, 0.6) is 0 Å². The molecule has 0 radical (unpaired) electrons. The molecule has 3 atom stereocenters. The molecule has 2 nitrogen and oxygen atoms in total. The molecule has 0 aromatic heterocycles. The van der Waals surface area contributed by atoms with Crippen LogP contribution in [-0.2, 0) is 0 Å². The average molecular weight is 281 g/mol. The van der Waals surface area contributed by atoms with Crippen LogP contribution in [0.1, 0.15) is 46.0 Å². The second-order valence-corrected chi connectivity index (χ2v) is 5.77. The molecule has 0 aromatic carbocycles. The first kappa shape index (κ1) is 16.8. The fourth-order valence-electron chi connectivity index (χ4n) is 3.05. The Morgan fingerprint density at radius 2 is 1.89 bits per heavy atom. The zero-order valence-electron chi connectivity index (χ0n) is 11.9. The van der Waals surface area contributed by atoms with Crippen molar-refractivity contribution in [3.05, 3.63) is 0 Å². The van der Waals surface area contributed by atoms with E-state index in [2.05, 4.69) is 6.92 Å². The molecule has 1 fully saturated rings. The highest BCUT2D eigenvalue weighted by Gasteiger charge is 2.34. The Morgan fingerprint density at radius 3 is 2.42 bits per heavy atom. The van der Waals surface area contributed by atoms with Gasteiger partial charge < -0.3 is 5.11 Å². The van der Waals surface area contributed by atoms with Crippen LogP contribution in [-0.4, -0.2) is 41.9 Å². The van der Waals surface area contributed by atoms with Crippen LogP contribution < -0.4 is 0 Å². The van der Waals surface area contributed by atoms with Crippen molar-refractivity contribution in [2.24, 2.45) is 11.8 Å². The van der Waals surface area contributed by atoms with E-state index in [9.17, 15) is 18.3 Å². The van der Waals surface area contributed by atoms with Crippen molar-refractivity contribution in [1.29, 1.82) is 0 Å². The summed E-state index contributed by atoms with van der Waals surface area (Å²) in [7, 11) is 0. The zero-order chi connectivity index (χ0) is 14.5. The molecule has 1 saturated carbocycles. The molecule has 0 heterocycles. The Kier molecular flexibility index (Phi) is 6.60. The van der Waals surface area contributed by atoms with Crippen LogP contribution in [0.2, 0.25) is 0 Å². The van der Waals surface area contributed by atoms with E-state index in [1.54, 1.807) is 0 Å². The Bertz CT molecular complexity index is 258. The number of hydrogen-bond acceptors (Lipinski definition) is 2. The van der Waals surface area contributed by atoms with E-state index >= 15 is 0 Å². The van der Waals surface area contributed by atoms with E-state index in [4.69, 9.17) is 0 Å². The fraction of sp³-hybridized carbons (Fsp3) is 1.00. The molecule has 19 heavy (non-hydrogen) atoms. The van der Waals surface area contributed by atoms with E-state index in [1.165, 1.54) is 4.90 Å². The van der Waals surface area contributed by atoms with Crippen molar-refractivity contribution in [1.82, 2.24) is 4.90 Å². The molecular formula is C14H26F3NO. The van der Waals surface area contributed by atoms with Crippen LogP contribution in [0.4, 0.5) is 13.2 Å². The largest absolute Gasteiger partial charge is 0.401 e. The van der Waals surface area contributed by atoms with Crippen molar-refractivity contribution in [3.63, 3.8) is 0 Å². The van der Waals surface area contributed by atoms with Gasteiger partial charge in [-0.25, -0.2) is 0 Å². The van der Waals surface area contributed by atoms with Gasteiger partial charge in [-0.2, -0.15) is 13.2 Å². The van der Waals surface area contributed by atoms with Gasteiger partial charge in [-0.3, -0.25) is 4.90 Å². The van der Waals surface area contributed by atoms with E-state index in [-0.39, 0.29) is 5.92 Å². The molecule has 0 bridgehead atoms. The van der Waals surface area contributed by atoms with Crippen LogP contribution >= 0.6 is 0 Å². The summed E-state index contributed by atoms with van der Waals surface area (Å²) in [4.78, 5) is 1.45. The normalized spacial score (nSPS) is 28.9. The summed E-state index contributed by atoms with van der Waals surface area (Å²) in [6.07, 6.45) is -0.243. The second-order valence-electron chi connectivity index (χ2n) is 5.77. The lowest BCUT2D eigenvalue weighted by molar-refractivity contribution is -0.149. The zero-order valence-corrected chi connectivity index (χ0v) is 11.9. The third kappa shape index (κ3) is 6.13. The smallest absolute Gasteiger partial charge is 0.393 e. The van der Waals surface area contributed by atoms with Crippen LogP contribution in [0.15, 0.2) is 0 Å². The third-order valence-corrected chi connectivity index (χ3v) is 4.06. The topological polar surface area (TPSA) is 23.5 Å². The predicted octanol–water partition coefficient (Wildman–Crippen LogP) is 3.45. The van der Waals surface area contributed by atoms with Gasteiger partial charge in [-0.1, -0.05) is 20.3 Å². The minimum absolute atomic E-state index is 0.00685. The highest BCUT2D eigenvalue weighted by molar-refractivity contribution is 4.82. The van der Waals surface area contributed by atoms with E-state index < -0.39 is 18.8 Å². The average Bonchev–Trinajstić information content (AvgIpc) is 2.30. The van der Waals surface area contributed by atoms with E-state index in [0.29, 0.717) is 25.4 Å². The number of nitrogens with zero attached hydrogens (tertiary/aromatic N) is 1. The molecule has 1 aliphatic rings. The molecule has 0 spiro atoms. The molecule has 1 aliphatic carbocycles. The van der Waals surface area contributed by atoms with Crippen LogP contribution in [0, 0.1) is 11.8 Å². The number of aliphatic hydroxyl groups excluding tert-OH is 1. The summed E-state index contributed by atoms with van der Waals surface area (Å²) in [6.45, 7) is 3.94. The second kappa shape index (κ2) is 7.48. The van der Waals surface area contributed by atoms with Gasteiger partial charge >= 0.3 is 6.18 Å². The monoisotopic (exact) mass is 281 g/mol. The minimum Gasteiger partial charge on any atom is -0.393 e. The number of rotatable bonds is 6. The summed E-state index contributed by atoms with van der Waals surface area (Å²) in [6, 6.07) is 0. The molecule has 3 unspecified atom stereocenters. The third-order valence-electron chi connectivity index (χ3n) is 4.06. The lowest BCUT2D eigenvalue weighted by Gasteiger charge is -2.36. The molecule has 1 N–H and O–H groups in total. The SMILES string of the molecule is CCCN(CC1CC(CC)CCC1O)CC(F)(F)F. The van der Waals surface area contributed by atoms with Gasteiger partial charge in [0.05, 0.1) is 12.6 Å². The Hall–Kier alpha value is -0.290. The molecule has 1 rings (SSSR count). The first-order valence-corrected chi connectivity index (χ1v) is 7.32. The van der Waals surface area contributed by atoms with Crippen molar-refractivity contribution >= 4 is 0 Å². The van der Waals surface area contributed by atoms with Gasteiger partial charge in [0.25, 0.3) is 0 Å². The molecule has 0 aromatic rings. The maximum atomic E-state index is 12.5. The van der Waals surface area contributed by atoms with Gasteiger partial charge in [0, 0.05) is 6.54 Å². The van der Waals surface area contributed by atoms with Gasteiger partial charge in [0.2, 0.25) is 0 Å². The molecular weight excluding hydrogens is 255 g/mol. The quantitative estimate of drug-likeness (QED) is 0.806. The number of alkyl halides is 3. The molecule has 5 heteroatoms. The van der Waals surface area contributed by atoms with Crippen LogP contribution in [0.3, 0.4) is 0 Å². The maximum Gasteiger partial charge on any atom is 0.401 e. The molecule has 114 valence electrons. The lowest BCUT2D eigenvalue weighted by Crippen LogP contribution is -2.43. The van der Waals surface area contributed by atoms with Crippen molar-refractivity contribution in [3.8, 4) is 0 Å². The standard InChI is InChI=1S/C14H26F3NO/c1-3-7-18(10-14(15,16)17)9-12-8-11(4-2)5-6-13(12)19/h11-13,19H,3-10H2,1-2H3. The predicted molar refractivity (Wildman–Crippen MR) is 69.9 cm³/mol. The van der Waals surface area contributed by atoms with E-state index in [1.807, 2.05) is 6.92 Å². The highest BCUT2D eigenvalue weighted by Crippen LogP contribution is 2.32. The molecule has 0 aliphatic heterocycles. The van der Waals surface area contributed by atoms with Gasteiger partial charge in [0.1, 0.15) is 0 Å².